The number of halogens is 6. The molecular weight excluding hydrogens is 813 g/mol. The highest BCUT2D eigenvalue weighted by Crippen LogP contribution is 2.36. The van der Waals surface area contributed by atoms with Crippen molar-refractivity contribution in [2.45, 2.75) is 25.2 Å². The molecule has 6 aromatic carbocycles. The molecule has 1 amide bonds. The van der Waals surface area contributed by atoms with E-state index in [0.717, 1.165) is 57.3 Å². The van der Waals surface area contributed by atoms with Crippen molar-refractivity contribution in [3.8, 4) is 22.3 Å². The van der Waals surface area contributed by atoms with Crippen molar-refractivity contribution in [2.75, 3.05) is 20.3 Å². The Labute approximate surface area is 351 Å². The minimum absolute atomic E-state index is 0.173. The minimum atomic E-state index is -4.40. The molecule has 2 heterocycles. The third-order valence-electron chi connectivity index (χ3n) is 9.94. The van der Waals surface area contributed by atoms with Crippen molar-refractivity contribution in [1.82, 2.24) is 5.32 Å². The van der Waals surface area contributed by atoms with Crippen molar-refractivity contribution in [3.63, 3.8) is 0 Å². The summed E-state index contributed by atoms with van der Waals surface area (Å²) in [5, 5.41) is 13.6. The highest BCUT2D eigenvalue weighted by Gasteiger charge is 2.31. The summed E-state index contributed by atoms with van der Waals surface area (Å²) in [6.07, 6.45) is -8.34. The van der Waals surface area contributed by atoms with Crippen LogP contribution in [0.5, 0.6) is 0 Å². The van der Waals surface area contributed by atoms with Crippen LogP contribution in [0.2, 0.25) is 0 Å². The number of carboxylic acid groups (broad SMARTS) is 1. The lowest BCUT2D eigenvalue weighted by Gasteiger charge is -2.08. The highest BCUT2D eigenvalue weighted by atomic mass is 19.4. The molecule has 0 unspecified atom stereocenters. The molecule has 2 N–H and O–H groups in total. The Balaban J connectivity index is 0.000000188. The van der Waals surface area contributed by atoms with Crippen LogP contribution in [-0.4, -0.2) is 37.2 Å². The van der Waals surface area contributed by atoms with Crippen LogP contribution in [0.25, 0.3) is 44.2 Å². The zero-order chi connectivity index (χ0) is 44.0. The van der Waals surface area contributed by atoms with Crippen LogP contribution in [0.3, 0.4) is 0 Å². The Morgan fingerprint density at radius 3 is 1.50 bits per heavy atom. The molecule has 0 aliphatic heterocycles. The summed E-state index contributed by atoms with van der Waals surface area (Å²) >= 11 is 0. The van der Waals surface area contributed by atoms with E-state index in [9.17, 15) is 41.0 Å². The number of hydrogen-bond donors (Lipinski definition) is 2. The van der Waals surface area contributed by atoms with Crippen molar-refractivity contribution >= 4 is 33.8 Å². The molecule has 0 bridgehead atoms. The molecule has 8 aromatic rings. The third-order valence-corrected chi connectivity index (χ3v) is 9.94. The van der Waals surface area contributed by atoms with Gasteiger partial charge < -0.3 is 24.0 Å². The van der Waals surface area contributed by atoms with Crippen LogP contribution in [0, 0.1) is 0 Å². The molecule has 62 heavy (non-hydrogen) atoms. The van der Waals surface area contributed by atoms with E-state index in [-0.39, 0.29) is 24.3 Å². The number of carboxylic acids is 1. The maximum absolute atomic E-state index is 13.0. The number of aromatic carboxylic acids is 1. The Morgan fingerprint density at radius 2 is 1.03 bits per heavy atom. The van der Waals surface area contributed by atoms with Gasteiger partial charge in [0.1, 0.15) is 22.7 Å². The summed E-state index contributed by atoms with van der Waals surface area (Å²) in [5.41, 5.74) is 4.77. The number of benzene rings is 6. The molecule has 8 rings (SSSR count). The topological polar surface area (TPSA) is 102 Å². The van der Waals surface area contributed by atoms with Crippen LogP contribution < -0.4 is 5.32 Å². The van der Waals surface area contributed by atoms with E-state index in [4.69, 9.17) is 13.6 Å². The molecule has 0 atom stereocenters. The zero-order valence-corrected chi connectivity index (χ0v) is 32.9. The maximum Gasteiger partial charge on any atom is 0.416 e. The SMILES string of the molecule is COCCNC(=O)c1cccc(-c2cccc3oc(Cc4cccc(C(F)(F)F)c4)cc23)c1.O=C(O)c1cccc(-c2cccc3oc(Cc4cccc(C(F)(F)F)c4)cc23)c1. The fourth-order valence-electron chi connectivity index (χ4n) is 7.04. The first kappa shape index (κ1) is 43.0. The average molecular weight is 850 g/mol. The van der Waals surface area contributed by atoms with E-state index in [2.05, 4.69) is 5.32 Å². The standard InChI is InChI=1S/C26H22F3NO3.C23H15F3O3/c1-32-12-11-30-25(31)19-7-3-6-18(15-19)22-9-4-10-24-23(22)16-21(33-24)14-17-5-2-8-20(13-17)26(27,28)29;24-23(25,26)17-7-1-4-14(10-17)11-18-13-20-19(8-3-9-21(20)29-18)15-5-2-6-16(12-15)22(27)28/h2-10,13,15-16H,11-12,14H2,1H3,(H,30,31);1-10,12-13H,11H2,(H,27,28). The number of carbonyl (C=O) groups is 2. The van der Waals surface area contributed by atoms with Crippen molar-refractivity contribution in [1.29, 1.82) is 0 Å². The average Bonchev–Trinajstić information content (AvgIpc) is 3.87. The molecular formula is C49H37F6NO6. The number of amides is 1. The van der Waals surface area contributed by atoms with E-state index in [1.54, 1.807) is 67.8 Å². The summed E-state index contributed by atoms with van der Waals surface area (Å²) in [6.45, 7) is 0.837. The van der Waals surface area contributed by atoms with Crippen molar-refractivity contribution in [3.05, 3.63) is 190 Å². The number of carbonyl (C=O) groups excluding carboxylic acids is 1. The normalized spacial score (nSPS) is 11.7. The number of ether oxygens (including phenoxy) is 1. The number of hydrogen-bond acceptors (Lipinski definition) is 5. The van der Waals surface area contributed by atoms with E-state index >= 15 is 0 Å². The van der Waals surface area contributed by atoms with Gasteiger partial charge in [0.25, 0.3) is 5.91 Å². The summed E-state index contributed by atoms with van der Waals surface area (Å²) in [6, 6.07) is 38.9. The van der Waals surface area contributed by atoms with Gasteiger partial charge >= 0.3 is 18.3 Å². The van der Waals surface area contributed by atoms with Gasteiger partial charge in [0, 0.05) is 42.8 Å². The summed E-state index contributed by atoms with van der Waals surface area (Å²) < 4.78 is 94.6. The van der Waals surface area contributed by atoms with Crippen LogP contribution >= 0.6 is 0 Å². The molecule has 2 aromatic heterocycles. The molecule has 0 aliphatic rings. The molecule has 13 heteroatoms. The van der Waals surface area contributed by atoms with Crippen molar-refractivity contribution in [2.24, 2.45) is 0 Å². The summed E-state index contributed by atoms with van der Waals surface area (Å²) in [5.74, 6) is -0.124. The van der Waals surface area contributed by atoms with Gasteiger partial charge in [0.05, 0.1) is 23.3 Å². The third kappa shape index (κ3) is 10.2. The van der Waals surface area contributed by atoms with Crippen LogP contribution in [0.15, 0.2) is 154 Å². The number of alkyl halides is 6. The fraction of sp³-hybridized carbons (Fsp3) is 0.143. The summed E-state index contributed by atoms with van der Waals surface area (Å²) in [7, 11) is 1.57. The van der Waals surface area contributed by atoms with Gasteiger partial charge in [0.2, 0.25) is 0 Å². The van der Waals surface area contributed by atoms with Crippen LogP contribution in [-0.2, 0) is 29.9 Å². The Morgan fingerprint density at radius 1 is 0.581 bits per heavy atom. The van der Waals surface area contributed by atoms with Crippen molar-refractivity contribution < 1.29 is 54.6 Å². The minimum Gasteiger partial charge on any atom is -0.478 e. The fourth-order valence-corrected chi connectivity index (χ4v) is 7.04. The first-order valence-corrected chi connectivity index (χ1v) is 19.2. The monoisotopic (exact) mass is 849 g/mol. The lowest BCUT2D eigenvalue weighted by molar-refractivity contribution is -0.138. The molecule has 7 nitrogen and oxygen atoms in total. The molecule has 316 valence electrons. The first-order chi connectivity index (χ1) is 29.7. The first-order valence-electron chi connectivity index (χ1n) is 19.2. The second-order valence-corrected chi connectivity index (χ2v) is 14.3. The number of fused-ring (bicyclic) bond motifs is 2. The molecule has 0 saturated heterocycles. The number of furan rings is 2. The lowest BCUT2D eigenvalue weighted by Crippen LogP contribution is -2.26. The Bertz CT molecular complexity index is 2870. The molecule has 0 fully saturated rings. The van der Waals surface area contributed by atoms with E-state index in [1.165, 1.54) is 18.2 Å². The van der Waals surface area contributed by atoms with E-state index in [0.29, 0.717) is 52.5 Å². The van der Waals surface area contributed by atoms with Gasteiger partial charge in [-0.1, -0.05) is 84.9 Å². The van der Waals surface area contributed by atoms with Gasteiger partial charge in [-0.05, 0) is 94.0 Å². The largest absolute Gasteiger partial charge is 0.478 e. The number of rotatable bonds is 11. The van der Waals surface area contributed by atoms with Gasteiger partial charge in [-0.15, -0.1) is 0 Å². The van der Waals surface area contributed by atoms with Gasteiger partial charge in [-0.3, -0.25) is 4.79 Å². The molecule has 0 saturated carbocycles. The second kappa shape index (κ2) is 18.2. The maximum atomic E-state index is 13.0. The van der Waals surface area contributed by atoms with Gasteiger partial charge in [0.15, 0.2) is 0 Å². The summed E-state index contributed by atoms with van der Waals surface area (Å²) in [4.78, 5) is 23.7. The van der Waals surface area contributed by atoms with Crippen LogP contribution in [0.1, 0.15) is 54.5 Å². The van der Waals surface area contributed by atoms with Crippen LogP contribution in [0.4, 0.5) is 26.3 Å². The molecule has 0 spiro atoms. The predicted octanol–water partition coefficient (Wildman–Crippen LogP) is 12.5. The second-order valence-electron chi connectivity index (χ2n) is 14.3. The predicted molar refractivity (Wildman–Crippen MR) is 223 cm³/mol. The van der Waals surface area contributed by atoms with Gasteiger partial charge in [-0.25, -0.2) is 4.79 Å². The number of methoxy groups -OCH3 is 1. The zero-order valence-electron chi connectivity index (χ0n) is 32.9. The Hall–Kier alpha value is -7.12. The molecule has 0 aliphatic carbocycles. The lowest BCUT2D eigenvalue weighted by atomic mass is 9.99. The Kier molecular flexibility index (Phi) is 12.6. The van der Waals surface area contributed by atoms with Gasteiger partial charge in [-0.2, -0.15) is 26.3 Å². The quantitative estimate of drug-likeness (QED) is 0.0993. The molecule has 0 radical (unpaired) electrons. The smallest absolute Gasteiger partial charge is 0.416 e. The van der Waals surface area contributed by atoms with E-state index in [1.807, 2.05) is 42.5 Å². The highest BCUT2D eigenvalue weighted by molar-refractivity contribution is 5.99. The number of nitrogens with one attached hydrogen (secondary N) is 1. The van der Waals surface area contributed by atoms with E-state index < -0.39 is 29.4 Å².